The quantitative estimate of drug-likeness (QED) is 0.493. The zero-order chi connectivity index (χ0) is 9.99. The fourth-order valence-corrected chi connectivity index (χ4v) is 2.72. The molecule has 1 nitrogen and oxygen atoms in total. The van der Waals surface area contributed by atoms with Crippen molar-refractivity contribution in [3.05, 3.63) is 25.3 Å². The number of hydrogen-bond donors (Lipinski definition) is 0. The summed E-state index contributed by atoms with van der Waals surface area (Å²) in [6.45, 7) is 7.02. The summed E-state index contributed by atoms with van der Waals surface area (Å²) in [5, 5.41) is 0. The Labute approximate surface area is 105 Å². The number of halogens is 4. The van der Waals surface area contributed by atoms with Gasteiger partial charge in [-0.3, -0.25) is 4.79 Å². The van der Waals surface area contributed by atoms with E-state index in [0.717, 1.165) is 0 Å². The predicted molar refractivity (Wildman–Crippen MR) is 66.6 cm³/mol. The third kappa shape index (κ3) is 3.09. The van der Waals surface area contributed by atoms with Crippen LogP contribution in [-0.4, -0.2) is 12.3 Å². The van der Waals surface area contributed by atoms with Crippen molar-refractivity contribution in [1.29, 1.82) is 0 Å². The van der Waals surface area contributed by atoms with E-state index in [1.807, 2.05) is 0 Å². The minimum atomic E-state index is -0.929. The molecule has 0 radical (unpaired) electrons. The molecule has 0 spiro atoms. The molecule has 0 aromatic rings. The first-order valence-corrected chi connectivity index (χ1v) is 6.03. The fourth-order valence-electron chi connectivity index (χ4n) is 0.408. The molecule has 0 aromatic heterocycles. The van der Waals surface area contributed by atoms with E-state index in [9.17, 15) is 4.79 Å². The van der Waals surface area contributed by atoms with E-state index < -0.39 is 6.47 Å². The molecule has 0 saturated heterocycles. The van der Waals surface area contributed by atoms with Crippen LogP contribution in [0, 0.1) is 0 Å². The van der Waals surface area contributed by atoms with Gasteiger partial charge in [0.25, 0.3) is 0 Å². The van der Waals surface area contributed by atoms with E-state index in [1.165, 1.54) is 12.2 Å². The van der Waals surface area contributed by atoms with Crippen molar-refractivity contribution in [1.82, 2.24) is 0 Å². The highest BCUT2D eigenvalue weighted by atomic mass is 79.9. The molecule has 0 N–H and O–H groups in total. The summed E-state index contributed by atoms with van der Waals surface area (Å²) in [4.78, 5) is 11.6. The lowest BCUT2D eigenvalue weighted by Gasteiger charge is -2.22. The Morgan fingerprint density at radius 2 is 1.25 bits per heavy atom. The number of rotatable bonds is 4. The first kappa shape index (κ1) is 13.1. The first-order chi connectivity index (χ1) is 5.28. The van der Waals surface area contributed by atoms with E-state index in [4.69, 9.17) is 0 Å². The topological polar surface area (TPSA) is 17.1 Å². The fraction of sp³-hybridized carbons (Fsp3) is 0.286. The Hall–Kier alpha value is 1.07. The molecule has 0 amide bonds. The molecule has 5 heteroatoms. The molecule has 0 unspecified atom stereocenters. The van der Waals surface area contributed by atoms with Gasteiger partial charge < -0.3 is 0 Å². The number of hydrogen-bond acceptors (Lipinski definition) is 1. The van der Waals surface area contributed by atoms with Crippen LogP contribution in [-0.2, 0) is 4.79 Å². The van der Waals surface area contributed by atoms with Crippen molar-refractivity contribution in [2.24, 2.45) is 0 Å². The summed E-state index contributed by atoms with van der Waals surface area (Å²) >= 11 is 12.7. The molecule has 0 atom stereocenters. The summed E-state index contributed by atoms with van der Waals surface area (Å²) in [6.07, 6.45) is 2.91. The van der Waals surface area contributed by atoms with Gasteiger partial charge in [0, 0.05) is 0 Å². The van der Waals surface area contributed by atoms with Crippen LogP contribution in [0.3, 0.4) is 0 Å². The van der Waals surface area contributed by atoms with Gasteiger partial charge in [0.1, 0.15) is 0 Å². The zero-order valence-electron chi connectivity index (χ0n) is 5.99. The maximum absolute atomic E-state index is 11.6. The number of Topliss-reactive ketones (excluding diaryl/α,β-unsaturated/α-hetero) is 1. The van der Waals surface area contributed by atoms with Gasteiger partial charge in [0.2, 0.25) is 0 Å². The number of alkyl halides is 4. The molecular weight excluding hydrogens is 420 g/mol. The van der Waals surface area contributed by atoms with E-state index in [0.29, 0.717) is 0 Å². The van der Waals surface area contributed by atoms with Gasteiger partial charge in [-0.2, -0.15) is 0 Å². The molecule has 12 heavy (non-hydrogen) atoms. The van der Waals surface area contributed by atoms with Gasteiger partial charge >= 0.3 is 0 Å². The molecule has 0 heterocycles. The van der Waals surface area contributed by atoms with Crippen LogP contribution in [0.25, 0.3) is 0 Å². The van der Waals surface area contributed by atoms with Crippen molar-refractivity contribution in [3.63, 3.8) is 0 Å². The Kier molecular flexibility index (Phi) is 4.93. The average molecular weight is 426 g/mol. The second kappa shape index (κ2) is 4.53. The first-order valence-electron chi connectivity index (χ1n) is 2.85. The molecule has 0 aromatic carbocycles. The van der Waals surface area contributed by atoms with Crippen LogP contribution in [0.5, 0.6) is 0 Å². The highest BCUT2D eigenvalue weighted by Gasteiger charge is 2.41. The smallest absolute Gasteiger partial charge is 0.195 e. The van der Waals surface area contributed by atoms with Crippen LogP contribution in [0.2, 0.25) is 0 Å². The lowest BCUT2D eigenvalue weighted by atomic mass is 10.2. The van der Waals surface area contributed by atoms with Gasteiger partial charge in [-0.25, -0.2) is 0 Å². The number of ketones is 1. The Balaban J connectivity index is 4.83. The van der Waals surface area contributed by atoms with Gasteiger partial charge in [-0.1, -0.05) is 75.9 Å². The predicted octanol–water partition coefficient (Wildman–Crippen LogP) is 3.90. The molecule has 0 rings (SSSR count). The SMILES string of the molecule is C=CC(Br)(Br)C(=O)C(Br)(Br)C=C. The maximum Gasteiger partial charge on any atom is 0.195 e. The van der Waals surface area contributed by atoms with Crippen molar-refractivity contribution in [3.8, 4) is 0 Å². The van der Waals surface area contributed by atoms with E-state index in [1.54, 1.807) is 0 Å². The monoisotopic (exact) mass is 422 g/mol. The zero-order valence-corrected chi connectivity index (χ0v) is 12.3. The molecule has 0 bridgehead atoms. The number of carbonyl (C=O) groups excluding carboxylic acids is 1. The maximum atomic E-state index is 11.6. The normalized spacial score (nSPS) is 12.3. The number of carbonyl (C=O) groups is 1. The van der Waals surface area contributed by atoms with Crippen LogP contribution in [0.4, 0.5) is 0 Å². The van der Waals surface area contributed by atoms with Gasteiger partial charge in [0.15, 0.2) is 12.3 Å². The molecule has 0 fully saturated rings. The Morgan fingerprint density at radius 1 is 1.00 bits per heavy atom. The van der Waals surface area contributed by atoms with Crippen LogP contribution in [0.15, 0.2) is 25.3 Å². The van der Waals surface area contributed by atoms with E-state index >= 15 is 0 Å². The Morgan fingerprint density at radius 3 is 1.42 bits per heavy atom. The third-order valence-corrected chi connectivity index (χ3v) is 3.85. The summed E-state index contributed by atoms with van der Waals surface area (Å²) in [5.41, 5.74) is 0. The second-order valence-corrected chi connectivity index (χ2v) is 9.11. The molecule has 0 aliphatic rings. The molecule has 0 aliphatic carbocycles. The third-order valence-electron chi connectivity index (χ3n) is 1.12. The van der Waals surface area contributed by atoms with Gasteiger partial charge in [-0.15, -0.1) is 13.2 Å². The van der Waals surface area contributed by atoms with Crippen LogP contribution >= 0.6 is 63.7 Å². The summed E-state index contributed by atoms with van der Waals surface area (Å²) in [5.74, 6) is -0.181. The molecule has 0 aliphatic heterocycles. The molecule has 0 saturated carbocycles. The van der Waals surface area contributed by atoms with Crippen molar-refractivity contribution >= 4 is 69.5 Å². The largest absolute Gasteiger partial charge is 0.294 e. The highest BCUT2D eigenvalue weighted by molar-refractivity contribution is 9.27. The molecule has 68 valence electrons. The lowest BCUT2D eigenvalue weighted by Crippen LogP contribution is -2.35. The minimum Gasteiger partial charge on any atom is -0.294 e. The summed E-state index contributed by atoms with van der Waals surface area (Å²) in [7, 11) is 0. The van der Waals surface area contributed by atoms with Crippen molar-refractivity contribution in [2.45, 2.75) is 6.47 Å². The van der Waals surface area contributed by atoms with Crippen LogP contribution < -0.4 is 0 Å². The van der Waals surface area contributed by atoms with Crippen molar-refractivity contribution in [2.75, 3.05) is 0 Å². The number of allylic oxidation sites excluding steroid dienone is 2. The summed E-state index contributed by atoms with van der Waals surface area (Å²) < 4.78 is -1.86. The molecular formula is C7H6Br4O. The highest BCUT2D eigenvalue weighted by Crippen LogP contribution is 2.40. The van der Waals surface area contributed by atoms with E-state index in [-0.39, 0.29) is 5.78 Å². The minimum absolute atomic E-state index is 0.181. The Bertz CT molecular complexity index is 197. The lowest BCUT2D eigenvalue weighted by molar-refractivity contribution is -0.117. The summed E-state index contributed by atoms with van der Waals surface area (Å²) in [6, 6.07) is 0. The van der Waals surface area contributed by atoms with E-state index in [2.05, 4.69) is 76.9 Å². The average Bonchev–Trinajstić information content (AvgIpc) is 2.03. The van der Waals surface area contributed by atoms with Crippen LogP contribution in [0.1, 0.15) is 0 Å². The second-order valence-electron chi connectivity index (χ2n) is 1.98. The van der Waals surface area contributed by atoms with Gasteiger partial charge in [0.05, 0.1) is 0 Å². The van der Waals surface area contributed by atoms with Gasteiger partial charge in [-0.05, 0) is 0 Å². The van der Waals surface area contributed by atoms with Crippen molar-refractivity contribution < 1.29 is 4.79 Å². The standard InChI is InChI=1S/C7H6Br4O/c1-3-6(8,9)5(12)7(10,11)4-2/h3-4H,1-2H2.